The monoisotopic (exact) mass is 316 g/mol. The number of hydrogen-bond donors (Lipinski definition) is 1. The van der Waals surface area contributed by atoms with Crippen LogP contribution in [0.5, 0.6) is 0 Å². The molecule has 0 aliphatic carbocycles. The normalized spacial score (nSPS) is 10.9. The van der Waals surface area contributed by atoms with E-state index in [1.54, 1.807) is 35.9 Å². The van der Waals surface area contributed by atoms with Gasteiger partial charge in [0.05, 0.1) is 5.52 Å². The number of amides is 1. The fourth-order valence-corrected chi connectivity index (χ4v) is 2.52. The summed E-state index contributed by atoms with van der Waals surface area (Å²) >= 11 is 5.83. The third kappa shape index (κ3) is 2.83. The minimum absolute atomic E-state index is 0.200. The lowest BCUT2D eigenvalue weighted by Gasteiger charge is -2.07. The predicted octanol–water partition coefficient (Wildman–Crippen LogP) is 3.90. The van der Waals surface area contributed by atoms with Crippen molar-refractivity contribution >= 4 is 28.4 Å². The average Bonchev–Trinajstić information content (AvgIpc) is 2.83. The minimum Gasteiger partial charge on any atom is -0.347 e. The highest BCUT2D eigenvalue weighted by Crippen LogP contribution is 2.20. The molecule has 0 aliphatic heterocycles. The number of carbonyl (C=O) groups is 1. The molecule has 0 bridgehead atoms. The van der Waals surface area contributed by atoms with E-state index in [1.807, 2.05) is 12.1 Å². The van der Waals surface area contributed by atoms with Crippen molar-refractivity contribution in [2.45, 2.75) is 6.54 Å². The Morgan fingerprint density at radius 3 is 2.64 bits per heavy atom. The molecular weight excluding hydrogens is 303 g/mol. The summed E-state index contributed by atoms with van der Waals surface area (Å²) < 4.78 is 15.0. The van der Waals surface area contributed by atoms with E-state index in [1.165, 1.54) is 12.1 Å². The first-order valence-corrected chi connectivity index (χ1v) is 7.20. The summed E-state index contributed by atoms with van der Waals surface area (Å²) in [5, 5.41) is 4.35. The van der Waals surface area contributed by atoms with Crippen molar-refractivity contribution in [2.24, 2.45) is 7.05 Å². The van der Waals surface area contributed by atoms with Gasteiger partial charge in [0.15, 0.2) is 0 Å². The van der Waals surface area contributed by atoms with Crippen LogP contribution in [0.3, 0.4) is 0 Å². The molecule has 22 heavy (non-hydrogen) atoms. The first-order chi connectivity index (χ1) is 10.5. The second kappa shape index (κ2) is 5.81. The van der Waals surface area contributed by atoms with Crippen molar-refractivity contribution in [1.29, 1.82) is 0 Å². The summed E-state index contributed by atoms with van der Waals surface area (Å²) in [5.41, 5.74) is 2.15. The Bertz CT molecular complexity index is 840. The Labute approximate surface area is 132 Å². The molecule has 1 amide bonds. The van der Waals surface area contributed by atoms with E-state index < -0.39 is 0 Å². The van der Waals surface area contributed by atoms with Gasteiger partial charge in [-0.3, -0.25) is 4.79 Å². The fraction of sp³-hybridized carbons (Fsp3) is 0.118. The number of hydrogen-bond acceptors (Lipinski definition) is 1. The van der Waals surface area contributed by atoms with Crippen molar-refractivity contribution in [3.63, 3.8) is 0 Å². The smallest absolute Gasteiger partial charge is 0.268 e. The zero-order valence-electron chi connectivity index (χ0n) is 11.9. The first kappa shape index (κ1) is 14.6. The number of fused-ring (bicyclic) bond motifs is 1. The third-order valence-corrected chi connectivity index (χ3v) is 3.86. The van der Waals surface area contributed by atoms with Crippen LogP contribution in [0, 0.1) is 5.82 Å². The van der Waals surface area contributed by atoms with Crippen LogP contribution >= 0.6 is 11.6 Å². The van der Waals surface area contributed by atoms with Gasteiger partial charge in [0, 0.05) is 24.0 Å². The standard InChI is InChI=1S/C17H14ClFN2O/c1-21-15-9-14(19)7-4-12(15)8-16(21)17(22)20-10-11-2-5-13(18)6-3-11/h2-9H,10H2,1H3,(H,20,22). The van der Waals surface area contributed by atoms with E-state index in [4.69, 9.17) is 11.6 Å². The Hall–Kier alpha value is -2.33. The molecule has 3 aromatic rings. The molecule has 1 aromatic heterocycles. The van der Waals surface area contributed by atoms with E-state index in [0.29, 0.717) is 22.8 Å². The molecule has 0 saturated carbocycles. The largest absolute Gasteiger partial charge is 0.347 e. The molecule has 0 spiro atoms. The van der Waals surface area contributed by atoms with E-state index in [2.05, 4.69) is 5.32 Å². The second-order valence-corrected chi connectivity index (χ2v) is 5.54. The highest BCUT2D eigenvalue weighted by atomic mass is 35.5. The summed E-state index contributed by atoms with van der Waals surface area (Å²) in [7, 11) is 1.75. The SMILES string of the molecule is Cn1c(C(=O)NCc2ccc(Cl)cc2)cc2ccc(F)cc21. The summed E-state index contributed by atoms with van der Waals surface area (Å²) in [5.74, 6) is -0.518. The van der Waals surface area contributed by atoms with Crippen molar-refractivity contribution in [1.82, 2.24) is 9.88 Å². The van der Waals surface area contributed by atoms with Crippen LogP contribution in [0.25, 0.3) is 10.9 Å². The van der Waals surface area contributed by atoms with Crippen molar-refractivity contribution < 1.29 is 9.18 Å². The van der Waals surface area contributed by atoms with Gasteiger partial charge in [0.25, 0.3) is 5.91 Å². The molecule has 112 valence electrons. The van der Waals surface area contributed by atoms with Crippen LogP contribution in [0.1, 0.15) is 16.1 Å². The summed E-state index contributed by atoms with van der Waals surface area (Å²) in [6.45, 7) is 0.409. The molecular formula is C17H14ClFN2O. The van der Waals surface area contributed by atoms with Crippen molar-refractivity contribution in [2.75, 3.05) is 0 Å². The topological polar surface area (TPSA) is 34.0 Å². The minimum atomic E-state index is -0.318. The van der Waals surface area contributed by atoms with Crippen molar-refractivity contribution in [3.8, 4) is 0 Å². The third-order valence-electron chi connectivity index (χ3n) is 3.61. The van der Waals surface area contributed by atoms with Crippen molar-refractivity contribution in [3.05, 3.63) is 70.6 Å². The molecule has 1 heterocycles. The van der Waals surface area contributed by atoms with Gasteiger partial charge in [0.2, 0.25) is 0 Å². The van der Waals surface area contributed by atoms with Crippen LogP contribution < -0.4 is 5.32 Å². The predicted molar refractivity (Wildman–Crippen MR) is 85.5 cm³/mol. The zero-order valence-corrected chi connectivity index (χ0v) is 12.7. The molecule has 2 aromatic carbocycles. The molecule has 0 aliphatic rings. The van der Waals surface area contributed by atoms with Crippen LogP contribution in [0.2, 0.25) is 5.02 Å². The number of aryl methyl sites for hydroxylation is 1. The number of aromatic nitrogens is 1. The highest BCUT2D eigenvalue weighted by molar-refractivity contribution is 6.30. The van der Waals surface area contributed by atoms with Gasteiger partial charge in [-0.15, -0.1) is 0 Å². The van der Waals surface area contributed by atoms with Crippen LogP contribution in [0.15, 0.2) is 48.5 Å². The Morgan fingerprint density at radius 1 is 1.18 bits per heavy atom. The molecule has 0 atom stereocenters. The number of nitrogens with zero attached hydrogens (tertiary/aromatic N) is 1. The number of rotatable bonds is 3. The van der Waals surface area contributed by atoms with E-state index in [9.17, 15) is 9.18 Å². The molecule has 3 nitrogen and oxygen atoms in total. The van der Waals surface area contributed by atoms with Gasteiger partial charge in [0.1, 0.15) is 11.5 Å². The number of nitrogens with one attached hydrogen (secondary N) is 1. The summed E-state index contributed by atoms with van der Waals surface area (Å²) in [4.78, 5) is 12.3. The second-order valence-electron chi connectivity index (χ2n) is 5.10. The van der Waals surface area contributed by atoms with Crippen LogP contribution in [-0.4, -0.2) is 10.5 Å². The number of carbonyl (C=O) groups excluding carboxylic acids is 1. The molecule has 1 N–H and O–H groups in total. The first-order valence-electron chi connectivity index (χ1n) is 6.82. The molecule has 3 rings (SSSR count). The fourth-order valence-electron chi connectivity index (χ4n) is 2.40. The highest BCUT2D eigenvalue weighted by Gasteiger charge is 2.13. The maximum atomic E-state index is 13.3. The van der Waals surface area contributed by atoms with E-state index >= 15 is 0 Å². The maximum Gasteiger partial charge on any atom is 0.268 e. The van der Waals surface area contributed by atoms with E-state index in [-0.39, 0.29) is 11.7 Å². The molecule has 0 fully saturated rings. The van der Waals surface area contributed by atoms with Gasteiger partial charge >= 0.3 is 0 Å². The molecule has 5 heteroatoms. The van der Waals surface area contributed by atoms with Crippen LogP contribution in [0.4, 0.5) is 4.39 Å². The Balaban J connectivity index is 1.80. The Morgan fingerprint density at radius 2 is 1.91 bits per heavy atom. The Kier molecular flexibility index (Phi) is 3.86. The van der Waals surface area contributed by atoms with Gasteiger partial charge in [-0.1, -0.05) is 23.7 Å². The van der Waals surface area contributed by atoms with E-state index in [0.717, 1.165) is 10.9 Å². The quantitative estimate of drug-likeness (QED) is 0.781. The lowest BCUT2D eigenvalue weighted by Crippen LogP contribution is -2.24. The van der Waals surface area contributed by atoms with Gasteiger partial charge in [-0.25, -0.2) is 4.39 Å². The summed E-state index contributed by atoms with van der Waals surface area (Å²) in [6, 6.07) is 13.5. The van der Waals surface area contributed by atoms with Gasteiger partial charge in [-0.05, 0) is 42.0 Å². The number of halogens is 2. The maximum absolute atomic E-state index is 13.3. The molecule has 0 saturated heterocycles. The zero-order chi connectivity index (χ0) is 15.7. The van der Waals surface area contributed by atoms with Gasteiger partial charge < -0.3 is 9.88 Å². The van der Waals surface area contributed by atoms with Gasteiger partial charge in [-0.2, -0.15) is 0 Å². The number of benzene rings is 2. The molecule has 0 unspecified atom stereocenters. The average molecular weight is 317 g/mol. The van der Waals surface area contributed by atoms with Crippen LogP contribution in [-0.2, 0) is 13.6 Å². The lowest BCUT2D eigenvalue weighted by atomic mass is 10.2. The summed E-state index contributed by atoms with van der Waals surface area (Å²) in [6.07, 6.45) is 0. The molecule has 0 radical (unpaired) electrons. The lowest BCUT2D eigenvalue weighted by molar-refractivity contribution is 0.0943.